The number of aromatic nitrogens is 4. The fraction of sp³-hybridized carbons (Fsp3) is 0.0323. The summed E-state index contributed by atoms with van der Waals surface area (Å²) < 4.78 is 4.90. The SMILES string of the molecule is C1=NC(c2ccc3sc4ccc5c(c6ccccc6n5-c5ccccc5)c4c3c2)C(c2nc(-c3ccccc3)nc(-c3ccccc3)n2)C=C1c1c(-c2ccccc2)cccc1-c1ccccc1. The van der Waals surface area contributed by atoms with Gasteiger partial charge in [-0.2, -0.15) is 0 Å². The van der Waals surface area contributed by atoms with Crippen LogP contribution in [-0.4, -0.2) is 25.7 Å². The van der Waals surface area contributed by atoms with Gasteiger partial charge in [-0.3, -0.25) is 4.99 Å². The fourth-order valence-electron chi connectivity index (χ4n) is 10.2. The molecule has 0 saturated heterocycles. The zero-order valence-electron chi connectivity index (χ0n) is 36.8. The lowest BCUT2D eigenvalue weighted by Crippen LogP contribution is -2.17. The van der Waals surface area contributed by atoms with Gasteiger partial charge in [0.1, 0.15) is 5.82 Å². The molecule has 2 unspecified atom stereocenters. The highest BCUT2D eigenvalue weighted by atomic mass is 32.1. The maximum Gasteiger partial charge on any atom is 0.163 e. The molecule has 12 aromatic rings. The third kappa shape index (κ3) is 6.84. The second-order valence-corrected chi connectivity index (χ2v) is 18.4. The molecular weight excluding hydrogens is 847 g/mol. The largest absolute Gasteiger partial charge is 0.309 e. The van der Waals surface area contributed by atoms with Crippen LogP contribution in [0.3, 0.4) is 0 Å². The fourth-order valence-corrected chi connectivity index (χ4v) is 11.3. The zero-order chi connectivity index (χ0) is 45.0. The number of thiophene rings is 1. The summed E-state index contributed by atoms with van der Waals surface area (Å²) in [4.78, 5) is 21.5. The number of rotatable bonds is 8. The predicted octanol–water partition coefficient (Wildman–Crippen LogP) is 16.0. The van der Waals surface area contributed by atoms with Crippen LogP contribution in [0.5, 0.6) is 0 Å². The molecule has 6 heteroatoms. The molecule has 0 radical (unpaired) electrons. The first kappa shape index (κ1) is 39.8. The summed E-state index contributed by atoms with van der Waals surface area (Å²) in [5, 5.41) is 4.99. The number of dihydropyridines is 1. The number of benzene rings is 9. The summed E-state index contributed by atoms with van der Waals surface area (Å²) in [6.45, 7) is 0. The van der Waals surface area contributed by atoms with Crippen LogP contribution in [-0.2, 0) is 0 Å². The standard InChI is InChI=1S/C62H41N5S/c1-6-19-40(20-7-1)47-30-18-31-48(41-21-8-2-9-22-41)56(47)45-38-51(62-65-60(42-23-10-3-11-24-42)64-61(66-62)43-25-12-4-13-26-43)59(63-39-45)44-33-35-54-50(37-44)58-55(68-54)36-34-53-57(58)49-29-16-17-32-52(49)67(53)46-27-14-5-15-28-46/h1-39,51,59H. The summed E-state index contributed by atoms with van der Waals surface area (Å²) in [6.07, 6.45) is 4.46. The number of aliphatic imine (C=N–C) groups is 1. The average Bonchev–Trinajstić information content (AvgIpc) is 3.97. The van der Waals surface area contributed by atoms with Crippen molar-refractivity contribution in [1.82, 2.24) is 19.5 Å². The topological polar surface area (TPSA) is 56.0 Å². The van der Waals surface area contributed by atoms with Gasteiger partial charge in [0.25, 0.3) is 0 Å². The normalized spacial score (nSPS) is 14.8. The Morgan fingerprint density at radius 1 is 0.426 bits per heavy atom. The molecule has 0 N–H and O–H groups in total. The molecule has 0 bridgehead atoms. The highest BCUT2D eigenvalue weighted by molar-refractivity contribution is 7.26. The lowest BCUT2D eigenvalue weighted by atomic mass is 9.82. The summed E-state index contributed by atoms with van der Waals surface area (Å²) in [5.41, 5.74) is 13.2. The summed E-state index contributed by atoms with van der Waals surface area (Å²) >= 11 is 1.85. The first-order valence-corrected chi connectivity index (χ1v) is 23.8. The van der Waals surface area contributed by atoms with Gasteiger partial charge >= 0.3 is 0 Å². The highest BCUT2D eigenvalue weighted by Crippen LogP contribution is 2.48. The van der Waals surface area contributed by atoms with E-state index in [1.165, 1.54) is 42.0 Å². The molecule has 5 nitrogen and oxygen atoms in total. The quantitative estimate of drug-likeness (QED) is 0.153. The summed E-state index contributed by atoms with van der Waals surface area (Å²) in [6, 6.07) is 79.1. The lowest BCUT2D eigenvalue weighted by molar-refractivity contribution is 0.613. The van der Waals surface area contributed by atoms with Gasteiger partial charge in [-0.1, -0.05) is 188 Å². The van der Waals surface area contributed by atoms with Crippen molar-refractivity contribution in [1.29, 1.82) is 0 Å². The van der Waals surface area contributed by atoms with Gasteiger partial charge < -0.3 is 4.57 Å². The zero-order valence-corrected chi connectivity index (χ0v) is 37.6. The Kier molecular flexibility index (Phi) is 9.76. The number of para-hydroxylation sites is 2. The molecule has 3 aromatic heterocycles. The van der Waals surface area contributed by atoms with Gasteiger partial charge in [0.2, 0.25) is 0 Å². The minimum atomic E-state index is -0.363. The molecule has 4 heterocycles. The van der Waals surface area contributed by atoms with Gasteiger partial charge in [0.15, 0.2) is 11.6 Å². The van der Waals surface area contributed by atoms with Crippen molar-refractivity contribution in [3.05, 3.63) is 247 Å². The third-order valence-corrected chi connectivity index (χ3v) is 14.4. The van der Waals surface area contributed by atoms with Crippen LogP contribution in [0, 0.1) is 0 Å². The molecule has 0 amide bonds. The first-order chi connectivity index (χ1) is 33.7. The Morgan fingerprint density at radius 2 is 0.985 bits per heavy atom. The van der Waals surface area contributed by atoms with Crippen LogP contribution in [0.4, 0.5) is 0 Å². The average molecular weight is 888 g/mol. The van der Waals surface area contributed by atoms with E-state index in [1.54, 1.807) is 0 Å². The number of nitrogens with zero attached hydrogens (tertiary/aromatic N) is 5. The van der Waals surface area contributed by atoms with E-state index in [1.807, 2.05) is 47.7 Å². The molecule has 0 fully saturated rings. The number of allylic oxidation sites excluding steroid dienone is 1. The predicted molar refractivity (Wildman–Crippen MR) is 284 cm³/mol. The van der Waals surface area contributed by atoms with Crippen LogP contribution >= 0.6 is 11.3 Å². The maximum atomic E-state index is 5.62. The number of hydrogen-bond donors (Lipinski definition) is 0. The van der Waals surface area contributed by atoms with Crippen molar-refractivity contribution in [2.24, 2.45) is 4.99 Å². The van der Waals surface area contributed by atoms with E-state index in [-0.39, 0.29) is 12.0 Å². The van der Waals surface area contributed by atoms with Gasteiger partial charge in [-0.15, -0.1) is 11.3 Å². The van der Waals surface area contributed by atoms with E-state index in [4.69, 9.17) is 19.9 Å². The van der Waals surface area contributed by atoms with Gasteiger partial charge in [0, 0.05) is 54.0 Å². The molecule has 0 aliphatic carbocycles. The number of hydrogen-bond acceptors (Lipinski definition) is 5. The molecule has 0 saturated carbocycles. The molecule has 13 rings (SSSR count). The smallest absolute Gasteiger partial charge is 0.163 e. The molecule has 9 aromatic carbocycles. The van der Waals surface area contributed by atoms with Crippen molar-refractivity contribution in [2.45, 2.75) is 12.0 Å². The molecule has 68 heavy (non-hydrogen) atoms. The van der Waals surface area contributed by atoms with E-state index in [0.717, 1.165) is 55.8 Å². The van der Waals surface area contributed by atoms with Crippen molar-refractivity contribution in [2.75, 3.05) is 0 Å². The van der Waals surface area contributed by atoms with Crippen molar-refractivity contribution in [3.8, 4) is 50.7 Å². The van der Waals surface area contributed by atoms with Crippen LogP contribution in [0.1, 0.15) is 28.9 Å². The van der Waals surface area contributed by atoms with E-state index in [0.29, 0.717) is 17.5 Å². The Balaban J connectivity index is 1.05. The van der Waals surface area contributed by atoms with Gasteiger partial charge in [-0.25, -0.2) is 15.0 Å². The van der Waals surface area contributed by atoms with E-state index < -0.39 is 0 Å². The van der Waals surface area contributed by atoms with Crippen molar-refractivity contribution in [3.63, 3.8) is 0 Å². The Bertz CT molecular complexity index is 3780. The van der Waals surface area contributed by atoms with E-state index in [9.17, 15) is 0 Å². The van der Waals surface area contributed by atoms with Crippen LogP contribution in [0.2, 0.25) is 0 Å². The molecule has 1 aliphatic rings. The molecule has 2 atom stereocenters. The Hall–Kier alpha value is -8.58. The van der Waals surface area contributed by atoms with Crippen molar-refractivity contribution < 1.29 is 0 Å². The molecule has 0 spiro atoms. The number of fused-ring (bicyclic) bond motifs is 7. The van der Waals surface area contributed by atoms with Gasteiger partial charge in [0.05, 0.1) is 23.0 Å². The first-order valence-electron chi connectivity index (χ1n) is 23.0. The van der Waals surface area contributed by atoms with Crippen LogP contribution in [0.25, 0.3) is 98.3 Å². The Labute approximate surface area is 397 Å². The minimum absolute atomic E-state index is 0.346. The monoisotopic (exact) mass is 887 g/mol. The Morgan fingerprint density at radius 3 is 1.62 bits per heavy atom. The minimum Gasteiger partial charge on any atom is -0.309 e. The highest BCUT2D eigenvalue weighted by Gasteiger charge is 2.32. The van der Waals surface area contributed by atoms with E-state index >= 15 is 0 Å². The van der Waals surface area contributed by atoms with Crippen molar-refractivity contribution >= 4 is 65.1 Å². The lowest BCUT2D eigenvalue weighted by Gasteiger charge is -2.27. The second kappa shape index (κ2) is 16.7. The molecule has 1 aliphatic heterocycles. The van der Waals surface area contributed by atoms with Gasteiger partial charge in [-0.05, 0) is 81.4 Å². The third-order valence-electron chi connectivity index (χ3n) is 13.3. The molecular formula is C62H41N5S. The summed E-state index contributed by atoms with van der Waals surface area (Å²) in [5.74, 6) is 1.56. The van der Waals surface area contributed by atoms with E-state index in [2.05, 4.69) is 205 Å². The maximum absolute atomic E-state index is 5.62. The summed E-state index contributed by atoms with van der Waals surface area (Å²) in [7, 11) is 0. The molecule has 320 valence electrons. The second-order valence-electron chi connectivity index (χ2n) is 17.3. The van der Waals surface area contributed by atoms with Crippen LogP contribution in [0.15, 0.2) is 236 Å². The van der Waals surface area contributed by atoms with Crippen LogP contribution < -0.4 is 0 Å².